The molecule has 0 aliphatic heterocycles. The van der Waals surface area contributed by atoms with E-state index >= 15 is 0 Å². The summed E-state index contributed by atoms with van der Waals surface area (Å²) in [5.74, 6) is 0. The Bertz CT molecular complexity index is 413. The van der Waals surface area contributed by atoms with Crippen LogP contribution in [-0.2, 0) is 19.4 Å². The third-order valence-corrected chi connectivity index (χ3v) is 3.49. The van der Waals surface area contributed by atoms with Gasteiger partial charge in [0.25, 0.3) is 0 Å². The molecule has 0 amide bonds. The van der Waals surface area contributed by atoms with Crippen LogP contribution in [0.5, 0.6) is 0 Å². The summed E-state index contributed by atoms with van der Waals surface area (Å²) >= 11 is 0. The van der Waals surface area contributed by atoms with Crippen molar-refractivity contribution in [2.45, 2.75) is 71.6 Å². The first-order valence-electron chi connectivity index (χ1n) is 7.75. The molecule has 0 bridgehead atoms. The quantitative estimate of drug-likeness (QED) is 0.753. The van der Waals surface area contributed by atoms with Crippen molar-refractivity contribution in [1.82, 2.24) is 15.1 Å². The molecule has 6 heteroatoms. The third-order valence-electron chi connectivity index (χ3n) is 3.49. The van der Waals surface area contributed by atoms with E-state index in [-0.39, 0.29) is 12.5 Å². The Labute approximate surface area is 124 Å². The summed E-state index contributed by atoms with van der Waals surface area (Å²) in [6.45, 7) is 7.53. The Morgan fingerprint density at radius 2 is 2.00 bits per heavy atom. The molecule has 1 atom stereocenters. The minimum absolute atomic E-state index is 0.111. The maximum Gasteiger partial charge on any atom is 0.389 e. The molecule has 1 aromatic heterocycles. The maximum absolute atomic E-state index is 12.4. The second-order valence-corrected chi connectivity index (χ2v) is 5.31. The van der Waals surface area contributed by atoms with Crippen LogP contribution in [0.4, 0.5) is 13.2 Å². The van der Waals surface area contributed by atoms with Gasteiger partial charge in [0.05, 0.1) is 5.69 Å². The van der Waals surface area contributed by atoms with E-state index in [9.17, 15) is 13.2 Å². The lowest BCUT2D eigenvalue weighted by Crippen LogP contribution is -2.33. The van der Waals surface area contributed by atoms with E-state index in [2.05, 4.69) is 10.4 Å². The zero-order chi connectivity index (χ0) is 15.9. The van der Waals surface area contributed by atoms with E-state index in [4.69, 9.17) is 0 Å². The van der Waals surface area contributed by atoms with E-state index in [0.29, 0.717) is 6.42 Å². The predicted octanol–water partition coefficient (Wildman–Crippen LogP) is 3.72. The van der Waals surface area contributed by atoms with Crippen LogP contribution in [0.1, 0.15) is 51.4 Å². The van der Waals surface area contributed by atoms with Crippen molar-refractivity contribution in [2.24, 2.45) is 0 Å². The molecule has 3 nitrogen and oxygen atoms in total. The molecule has 1 rings (SSSR count). The number of rotatable bonds is 9. The lowest BCUT2D eigenvalue weighted by Gasteiger charge is -2.19. The second-order valence-electron chi connectivity index (χ2n) is 5.31. The van der Waals surface area contributed by atoms with Crippen LogP contribution >= 0.6 is 0 Å². The number of alkyl halides is 3. The molecule has 0 saturated heterocycles. The molecular weight excluding hydrogens is 279 g/mol. The molecule has 1 aromatic rings. The van der Waals surface area contributed by atoms with Gasteiger partial charge in [0, 0.05) is 31.1 Å². The molecular formula is C15H26F3N3. The minimum atomic E-state index is -4.09. The summed E-state index contributed by atoms with van der Waals surface area (Å²) in [6, 6.07) is 1.86. The normalized spacial score (nSPS) is 13.6. The number of aryl methyl sites for hydroxylation is 2. The smallest absolute Gasteiger partial charge is 0.314 e. The average Bonchev–Trinajstić information content (AvgIpc) is 2.83. The SMILES string of the molecule is CCCNC(CCC(F)(F)F)Cc1cc(CC)nn1CC. The van der Waals surface area contributed by atoms with Gasteiger partial charge in [-0.15, -0.1) is 0 Å². The first-order chi connectivity index (χ1) is 9.89. The topological polar surface area (TPSA) is 29.9 Å². The molecule has 0 fully saturated rings. The summed E-state index contributed by atoms with van der Waals surface area (Å²) in [5, 5.41) is 7.68. The van der Waals surface area contributed by atoms with E-state index in [0.717, 1.165) is 37.3 Å². The molecule has 0 aliphatic carbocycles. The van der Waals surface area contributed by atoms with Crippen molar-refractivity contribution < 1.29 is 13.2 Å². The van der Waals surface area contributed by atoms with Gasteiger partial charge in [-0.2, -0.15) is 18.3 Å². The number of hydrogen-bond donors (Lipinski definition) is 1. The Morgan fingerprint density at radius 3 is 2.52 bits per heavy atom. The molecule has 122 valence electrons. The van der Waals surface area contributed by atoms with E-state index in [1.807, 2.05) is 31.5 Å². The fraction of sp³-hybridized carbons (Fsp3) is 0.800. The van der Waals surface area contributed by atoms with Crippen LogP contribution in [0.3, 0.4) is 0 Å². The summed E-state index contributed by atoms with van der Waals surface area (Å²) in [4.78, 5) is 0. The molecule has 21 heavy (non-hydrogen) atoms. The highest BCUT2D eigenvalue weighted by atomic mass is 19.4. The van der Waals surface area contributed by atoms with Gasteiger partial charge in [0.2, 0.25) is 0 Å². The van der Waals surface area contributed by atoms with E-state index in [1.54, 1.807) is 0 Å². The third kappa shape index (κ3) is 6.50. The van der Waals surface area contributed by atoms with Crippen molar-refractivity contribution in [3.63, 3.8) is 0 Å². The lowest BCUT2D eigenvalue weighted by atomic mass is 10.0. The summed E-state index contributed by atoms with van der Waals surface area (Å²) in [6.07, 6.45) is -2.37. The van der Waals surface area contributed by atoms with Gasteiger partial charge in [-0.25, -0.2) is 0 Å². The first-order valence-corrected chi connectivity index (χ1v) is 7.75. The van der Waals surface area contributed by atoms with Gasteiger partial charge in [-0.1, -0.05) is 13.8 Å². The zero-order valence-electron chi connectivity index (χ0n) is 13.1. The summed E-state index contributed by atoms with van der Waals surface area (Å²) in [7, 11) is 0. The highest BCUT2D eigenvalue weighted by Gasteiger charge is 2.28. The van der Waals surface area contributed by atoms with Crippen LogP contribution in [0.15, 0.2) is 6.07 Å². The van der Waals surface area contributed by atoms with Gasteiger partial charge >= 0.3 is 6.18 Å². The molecule has 0 saturated carbocycles. The standard InChI is InChI=1S/C15H26F3N3/c1-4-9-19-13(7-8-15(16,17)18)11-14-10-12(5-2)20-21(14)6-3/h10,13,19H,4-9,11H2,1-3H3. The van der Waals surface area contributed by atoms with Crippen LogP contribution < -0.4 is 5.32 Å². The Morgan fingerprint density at radius 1 is 1.29 bits per heavy atom. The lowest BCUT2D eigenvalue weighted by molar-refractivity contribution is -0.136. The number of halogens is 3. The monoisotopic (exact) mass is 305 g/mol. The maximum atomic E-state index is 12.4. The van der Waals surface area contributed by atoms with Crippen LogP contribution in [0.25, 0.3) is 0 Å². The highest BCUT2D eigenvalue weighted by molar-refractivity contribution is 5.12. The van der Waals surface area contributed by atoms with E-state index in [1.165, 1.54) is 0 Å². The van der Waals surface area contributed by atoms with Crippen molar-refractivity contribution in [2.75, 3.05) is 6.54 Å². The Kier molecular flexibility index (Phi) is 7.22. The molecule has 1 N–H and O–H groups in total. The molecule has 1 unspecified atom stereocenters. The van der Waals surface area contributed by atoms with Crippen LogP contribution in [0.2, 0.25) is 0 Å². The van der Waals surface area contributed by atoms with Crippen molar-refractivity contribution in [3.8, 4) is 0 Å². The molecule has 0 spiro atoms. The first kappa shape index (κ1) is 18.0. The zero-order valence-corrected chi connectivity index (χ0v) is 13.1. The van der Waals surface area contributed by atoms with Crippen molar-refractivity contribution >= 4 is 0 Å². The van der Waals surface area contributed by atoms with Crippen molar-refractivity contribution in [3.05, 3.63) is 17.5 Å². The summed E-state index contributed by atoms with van der Waals surface area (Å²) < 4.78 is 39.2. The van der Waals surface area contributed by atoms with Crippen LogP contribution in [0, 0.1) is 0 Å². The van der Waals surface area contributed by atoms with Crippen LogP contribution in [-0.4, -0.2) is 28.5 Å². The second kappa shape index (κ2) is 8.41. The molecule has 0 aliphatic rings. The molecule has 1 heterocycles. The minimum Gasteiger partial charge on any atom is -0.314 e. The predicted molar refractivity (Wildman–Crippen MR) is 78.4 cm³/mol. The largest absolute Gasteiger partial charge is 0.389 e. The summed E-state index contributed by atoms with van der Waals surface area (Å²) in [5.41, 5.74) is 2.02. The highest BCUT2D eigenvalue weighted by Crippen LogP contribution is 2.23. The van der Waals surface area contributed by atoms with Gasteiger partial charge in [0.1, 0.15) is 0 Å². The van der Waals surface area contributed by atoms with Gasteiger partial charge in [-0.3, -0.25) is 4.68 Å². The number of nitrogens with one attached hydrogen (secondary N) is 1. The number of aromatic nitrogens is 2. The Balaban J connectivity index is 2.72. The Hall–Kier alpha value is -1.04. The number of hydrogen-bond acceptors (Lipinski definition) is 2. The fourth-order valence-corrected chi connectivity index (χ4v) is 2.34. The average molecular weight is 305 g/mol. The molecule has 0 aromatic carbocycles. The van der Waals surface area contributed by atoms with Gasteiger partial charge in [0.15, 0.2) is 0 Å². The number of nitrogens with zero attached hydrogens (tertiary/aromatic N) is 2. The van der Waals surface area contributed by atoms with Gasteiger partial charge < -0.3 is 5.32 Å². The van der Waals surface area contributed by atoms with Crippen molar-refractivity contribution in [1.29, 1.82) is 0 Å². The van der Waals surface area contributed by atoms with E-state index < -0.39 is 12.6 Å². The van der Waals surface area contributed by atoms with Gasteiger partial charge in [-0.05, 0) is 38.8 Å². The molecule has 0 radical (unpaired) electrons. The fourth-order valence-electron chi connectivity index (χ4n) is 2.34.